The van der Waals surface area contributed by atoms with Gasteiger partial charge in [-0.3, -0.25) is 9.69 Å². The molecule has 3 aliphatic rings. The number of ether oxygens (including phenoxy) is 1. The summed E-state index contributed by atoms with van der Waals surface area (Å²) in [5, 5.41) is 37.7. The van der Waals surface area contributed by atoms with Gasteiger partial charge >= 0.3 is 6.03 Å². The van der Waals surface area contributed by atoms with Gasteiger partial charge in [0.25, 0.3) is 0 Å². The zero-order valence-electron chi connectivity index (χ0n) is 22.2. The van der Waals surface area contributed by atoms with Crippen molar-refractivity contribution in [2.24, 2.45) is 5.92 Å². The number of carbonyl (C=O) groups excluding carboxylic acids is 2. The Labute approximate surface area is 218 Å². The number of hydrogen-bond donors (Lipinski definition) is 5. The molecule has 3 unspecified atom stereocenters. The summed E-state index contributed by atoms with van der Waals surface area (Å²) in [6.07, 6.45) is -0.576. The minimum absolute atomic E-state index is 0.195. The van der Waals surface area contributed by atoms with E-state index >= 15 is 0 Å². The first-order valence-electron chi connectivity index (χ1n) is 13.0. The minimum atomic E-state index is -1.44. The third-order valence-corrected chi connectivity index (χ3v) is 8.67. The van der Waals surface area contributed by atoms with E-state index in [0.29, 0.717) is 19.0 Å². The van der Waals surface area contributed by atoms with E-state index in [1.54, 1.807) is 18.1 Å². The predicted octanol–water partition coefficient (Wildman–Crippen LogP) is -0.892. The van der Waals surface area contributed by atoms with Crippen LogP contribution in [0.5, 0.6) is 0 Å². The van der Waals surface area contributed by atoms with Crippen LogP contribution in [-0.2, 0) is 9.53 Å². The second-order valence-corrected chi connectivity index (χ2v) is 11.5. The van der Waals surface area contributed by atoms with Crippen LogP contribution in [0.2, 0.25) is 0 Å². The molecule has 0 saturated carbocycles. The molecule has 3 aliphatic heterocycles. The number of amides is 3. The Morgan fingerprint density at radius 3 is 2.33 bits per heavy atom. The van der Waals surface area contributed by atoms with Crippen molar-refractivity contribution in [3.63, 3.8) is 0 Å². The quantitative estimate of drug-likeness (QED) is 0.270. The highest BCUT2D eigenvalue weighted by Crippen LogP contribution is 2.30. The number of piperazine rings is 1. The highest BCUT2D eigenvalue weighted by Gasteiger charge is 2.49. The topological polar surface area (TPSA) is 138 Å². The number of nitrogens with one attached hydrogen (secondary N) is 2. The molecule has 0 aromatic rings. The van der Waals surface area contributed by atoms with Gasteiger partial charge in [0.2, 0.25) is 5.91 Å². The third kappa shape index (κ3) is 6.83. The predicted molar refractivity (Wildman–Crippen MR) is 139 cm³/mol. The fraction of sp³-hybridized carbons (Fsp3) is 0.917. The summed E-state index contributed by atoms with van der Waals surface area (Å²) < 4.78 is 6.01. The van der Waals surface area contributed by atoms with Gasteiger partial charge in [-0.05, 0) is 46.0 Å². The van der Waals surface area contributed by atoms with Crippen molar-refractivity contribution < 1.29 is 29.6 Å². The van der Waals surface area contributed by atoms with Crippen LogP contribution in [0.25, 0.3) is 0 Å². The smallest absolute Gasteiger partial charge is 0.317 e. The molecule has 0 spiro atoms. The van der Waals surface area contributed by atoms with Gasteiger partial charge in [0.05, 0.1) is 18.1 Å². The summed E-state index contributed by atoms with van der Waals surface area (Å²) in [7, 11) is 3.95. The Balaban J connectivity index is 1.77. The van der Waals surface area contributed by atoms with Crippen LogP contribution >= 0.6 is 11.8 Å². The number of thioether (sulfide) groups is 1. The molecular formula is C24H45N5O6S. The van der Waals surface area contributed by atoms with E-state index in [1.807, 2.05) is 19.0 Å². The number of carbonyl (C=O) groups is 2. The van der Waals surface area contributed by atoms with Crippen LogP contribution < -0.4 is 10.6 Å². The van der Waals surface area contributed by atoms with Gasteiger partial charge in [0, 0.05) is 32.7 Å². The molecule has 3 saturated heterocycles. The summed E-state index contributed by atoms with van der Waals surface area (Å²) >= 11 is 1.22. The summed E-state index contributed by atoms with van der Waals surface area (Å²) in [5.74, 6) is 0.247. The average molecular weight is 532 g/mol. The Morgan fingerprint density at radius 1 is 1.06 bits per heavy atom. The lowest BCUT2D eigenvalue weighted by Crippen LogP contribution is -2.68. The molecular weight excluding hydrogens is 486 g/mol. The molecule has 9 atom stereocenters. The van der Waals surface area contributed by atoms with Crippen LogP contribution in [0.1, 0.15) is 33.1 Å². The van der Waals surface area contributed by atoms with Gasteiger partial charge < -0.3 is 40.5 Å². The number of rotatable bonds is 8. The van der Waals surface area contributed by atoms with Crippen LogP contribution in [0.15, 0.2) is 0 Å². The van der Waals surface area contributed by atoms with E-state index in [4.69, 9.17) is 4.74 Å². The molecule has 0 aromatic carbocycles. The Morgan fingerprint density at radius 2 is 1.72 bits per heavy atom. The molecule has 12 heteroatoms. The van der Waals surface area contributed by atoms with E-state index in [2.05, 4.69) is 22.5 Å². The monoisotopic (exact) mass is 531 g/mol. The number of aliphatic hydroxyl groups excluding tert-OH is 3. The molecule has 3 rings (SSSR count). The first-order valence-corrected chi connectivity index (χ1v) is 14.3. The average Bonchev–Trinajstić information content (AvgIpc) is 3.22. The van der Waals surface area contributed by atoms with Gasteiger partial charge in [0.1, 0.15) is 29.9 Å². The third-order valence-electron chi connectivity index (χ3n) is 7.82. The number of urea groups is 1. The Bertz CT molecular complexity index is 740. The summed E-state index contributed by atoms with van der Waals surface area (Å²) in [4.78, 5) is 32.4. The number of nitrogens with zero attached hydrogens (tertiary/aromatic N) is 3. The highest BCUT2D eigenvalue weighted by molar-refractivity contribution is 7.99. The molecule has 0 aromatic heterocycles. The van der Waals surface area contributed by atoms with E-state index < -0.39 is 41.9 Å². The number of aliphatic hydroxyl groups is 3. The van der Waals surface area contributed by atoms with Crippen molar-refractivity contribution in [3.8, 4) is 0 Å². The Hall–Kier alpha value is -1.15. The molecule has 3 heterocycles. The lowest BCUT2D eigenvalue weighted by Gasteiger charge is -2.45. The fourth-order valence-electron chi connectivity index (χ4n) is 5.53. The molecule has 3 amide bonds. The SMILES string of the molecule is CCCC1CC(C(=O)NC([C@H]2O[C@H](SC)[C@H](O)[C@@H](O)[C@H]2O)[C@@H](C)NC(=O)N2CCN(C)CC2)N(C)C1. The zero-order chi connectivity index (χ0) is 26.6. The standard InChI is InChI=1S/C24H45N5O6S/c1-6-7-15-12-16(28(4)13-15)22(33)26-17(21-19(31)18(30)20(32)23(35-21)36-5)14(2)25-24(34)29-10-8-27(3)9-11-29/h14-21,23,30-32H,6-13H2,1-5H3,(H,25,34)(H,26,33)/t14-,15?,16?,17?,18+,19-,20-,21-,23-/m1/s1. The molecule has 208 valence electrons. The normalized spacial score (nSPS) is 35.9. The van der Waals surface area contributed by atoms with Crippen LogP contribution in [-0.4, -0.2) is 143 Å². The van der Waals surface area contributed by atoms with Gasteiger partial charge in [-0.15, -0.1) is 11.8 Å². The zero-order valence-corrected chi connectivity index (χ0v) is 23.0. The van der Waals surface area contributed by atoms with Crippen molar-refractivity contribution in [2.75, 3.05) is 53.1 Å². The lowest BCUT2D eigenvalue weighted by molar-refractivity contribution is -0.206. The maximum Gasteiger partial charge on any atom is 0.317 e. The summed E-state index contributed by atoms with van der Waals surface area (Å²) in [6.45, 7) is 7.49. The van der Waals surface area contributed by atoms with E-state index in [9.17, 15) is 24.9 Å². The molecule has 36 heavy (non-hydrogen) atoms. The van der Waals surface area contributed by atoms with Gasteiger partial charge in [-0.1, -0.05) is 13.3 Å². The van der Waals surface area contributed by atoms with Gasteiger partial charge in [-0.2, -0.15) is 0 Å². The first-order chi connectivity index (χ1) is 17.1. The van der Waals surface area contributed by atoms with Crippen molar-refractivity contribution in [2.45, 2.75) is 81.1 Å². The maximum atomic E-state index is 13.5. The fourth-order valence-corrected chi connectivity index (χ4v) is 6.21. The van der Waals surface area contributed by atoms with Crippen molar-refractivity contribution in [1.29, 1.82) is 0 Å². The number of hydrogen-bond acceptors (Lipinski definition) is 9. The van der Waals surface area contributed by atoms with Crippen LogP contribution in [0.3, 0.4) is 0 Å². The second-order valence-electron chi connectivity index (χ2n) is 10.6. The summed E-state index contributed by atoms with van der Waals surface area (Å²) in [5.41, 5.74) is -0.781. The number of likely N-dealkylation sites (tertiary alicyclic amines) is 1. The first kappa shape index (κ1) is 29.4. The van der Waals surface area contributed by atoms with Gasteiger partial charge in [0.15, 0.2) is 0 Å². The molecule has 0 aliphatic carbocycles. The van der Waals surface area contributed by atoms with E-state index in [1.165, 1.54) is 11.8 Å². The summed E-state index contributed by atoms with van der Waals surface area (Å²) in [6, 6.07) is -2.00. The highest BCUT2D eigenvalue weighted by atomic mass is 32.2. The van der Waals surface area contributed by atoms with Crippen LogP contribution in [0.4, 0.5) is 4.79 Å². The van der Waals surface area contributed by atoms with Crippen molar-refractivity contribution in [1.82, 2.24) is 25.3 Å². The second kappa shape index (κ2) is 13.1. The van der Waals surface area contributed by atoms with Crippen molar-refractivity contribution in [3.05, 3.63) is 0 Å². The maximum absolute atomic E-state index is 13.5. The minimum Gasteiger partial charge on any atom is -0.388 e. The van der Waals surface area contributed by atoms with Gasteiger partial charge in [-0.25, -0.2) is 4.79 Å². The van der Waals surface area contributed by atoms with E-state index in [-0.39, 0.29) is 18.0 Å². The molecule has 0 radical (unpaired) electrons. The number of likely N-dealkylation sites (N-methyl/N-ethyl adjacent to an activating group) is 2. The lowest BCUT2D eigenvalue weighted by atomic mass is 9.90. The molecule has 11 nitrogen and oxygen atoms in total. The largest absolute Gasteiger partial charge is 0.388 e. The molecule has 0 bridgehead atoms. The van der Waals surface area contributed by atoms with E-state index in [0.717, 1.165) is 38.9 Å². The molecule has 3 fully saturated rings. The van der Waals surface area contributed by atoms with Crippen molar-refractivity contribution >= 4 is 23.7 Å². The Kier molecular flexibility index (Phi) is 10.7. The van der Waals surface area contributed by atoms with Crippen LogP contribution in [0, 0.1) is 5.92 Å². The molecule has 5 N–H and O–H groups in total.